The van der Waals surface area contributed by atoms with Crippen molar-refractivity contribution in [3.8, 4) is 0 Å². The molecule has 1 amide bonds. The fourth-order valence-corrected chi connectivity index (χ4v) is 2.71. The number of nitrogens with one attached hydrogen (secondary N) is 1. The molecule has 8 nitrogen and oxygen atoms in total. The van der Waals surface area contributed by atoms with Gasteiger partial charge in [-0.3, -0.25) is 0 Å². The van der Waals surface area contributed by atoms with Gasteiger partial charge in [0.25, 0.3) is 0 Å². The van der Waals surface area contributed by atoms with E-state index in [2.05, 4.69) is 21.9 Å². The van der Waals surface area contributed by atoms with Crippen LogP contribution >= 0.6 is 0 Å². The molecule has 2 rings (SSSR count). The van der Waals surface area contributed by atoms with Crippen LogP contribution in [-0.4, -0.2) is 31.2 Å². The van der Waals surface area contributed by atoms with Gasteiger partial charge in [-0.2, -0.15) is 0 Å². The second-order valence-electron chi connectivity index (χ2n) is 6.40. The van der Waals surface area contributed by atoms with Gasteiger partial charge in [-0.25, -0.2) is 4.79 Å². The van der Waals surface area contributed by atoms with Gasteiger partial charge in [0.05, 0.1) is 25.3 Å². The second-order valence-corrected chi connectivity index (χ2v) is 6.40. The minimum absolute atomic E-state index is 0.139. The zero-order valence-corrected chi connectivity index (χ0v) is 15.1. The van der Waals surface area contributed by atoms with E-state index in [1.54, 1.807) is 0 Å². The lowest BCUT2D eigenvalue weighted by Crippen LogP contribution is -2.32. The molecule has 0 saturated carbocycles. The first-order chi connectivity index (χ1) is 12.4. The molecule has 8 heteroatoms. The van der Waals surface area contributed by atoms with Crippen LogP contribution in [0.5, 0.6) is 0 Å². The maximum atomic E-state index is 12.0. The van der Waals surface area contributed by atoms with Crippen LogP contribution in [0.1, 0.15) is 37.4 Å². The summed E-state index contributed by atoms with van der Waals surface area (Å²) in [6, 6.07) is 7.21. The van der Waals surface area contributed by atoms with Crippen molar-refractivity contribution < 1.29 is 19.0 Å². The fourth-order valence-electron chi connectivity index (χ4n) is 2.71. The first kappa shape index (κ1) is 19.8. The summed E-state index contributed by atoms with van der Waals surface area (Å²) in [4.78, 5) is 14.7. The van der Waals surface area contributed by atoms with Crippen molar-refractivity contribution in [3.63, 3.8) is 0 Å². The quantitative estimate of drug-likeness (QED) is 0.327. The van der Waals surface area contributed by atoms with Gasteiger partial charge in [0.15, 0.2) is 5.79 Å². The first-order valence-electron chi connectivity index (χ1n) is 8.39. The Morgan fingerprint density at radius 2 is 2.27 bits per heavy atom. The van der Waals surface area contributed by atoms with Gasteiger partial charge in [-0.05, 0) is 30.5 Å². The minimum atomic E-state index is -0.627. The Labute approximate surface area is 152 Å². The Balaban J connectivity index is 2.09. The number of amides is 1. The number of azide groups is 1. The molecular weight excluding hydrogens is 336 g/mol. The number of alkyl carbamates (subject to hydrolysis) is 1. The van der Waals surface area contributed by atoms with Gasteiger partial charge >= 0.3 is 6.09 Å². The lowest BCUT2D eigenvalue weighted by atomic mass is 9.99. The summed E-state index contributed by atoms with van der Waals surface area (Å²) in [5.74, 6) is -0.627. The minimum Gasteiger partial charge on any atom is -0.445 e. The molecule has 0 unspecified atom stereocenters. The molecular formula is C18H24N4O4. The lowest BCUT2D eigenvalue weighted by Gasteiger charge is -2.23. The molecule has 1 saturated heterocycles. The number of benzene rings is 1. The molecule has 1 aliphatic rings. The van der Waals surface area contributed by atoms with E-state index in [1.807, 2.05) is 38.1 Å². The highest BCUT2D eigenvalue weighted by Gasteiger charge is 2.34. The maximum absolute atomic E-state index is 12.0. The Kier molecular flexibility index (Phi) is 7.03. The van der Waals surface area contributed by atoms with E-state index < -0.39 is 11.9 Å². The Bertz CT molecular complexity index is 668. The SMILES string of the molecule is C=CCOC(=O)N[C@H](C[C@@H]1COC(C)(C)O1)c1ccc(CN=[N+]=[N-])cc1. The predicted molar refractivity (Wildman–Crippen MR) is 96.2 cm³/mol. The molecule has 1 fully saturated rings. The highest BCUT2D eigenvalue weighted by atomic mass is 16.7. The van der Waals surface area contributed by atoms with Gasteiger partial charge in [0, 0.05) is 11.3 Å². The van der Waals surface area contributed by atoms with Crippen LogP contribution < -0.4 is 5.32 Å². The van der Waals surface area contributed by atoms with Gasteiger partial charge in [-0.1, -0.05) is 42.0 Å². The summed E-state index contributed by atoms with van der Waals surface area (Å²) in [5.41, 5.74) is 10.2. The molecule has 0 aliphatic carbocycles. The predicted octanol–water partition coefficient (Wildman–Crippen LogP) is 3.99. The number of ether oxygens (including phenoxy) is 3. The van der Waals surface area contributed by atoms with E-state index in [9.17, 15) is 4.79 Å². The van der Waals surface area contributed by atoms with Crippen molar-refractivity contribution in [3.05, 3.63) is 58.5 Å². The zero-order valence-electron chi connectivity index (χ0n) is 15.1. The number of carbonyl (C=O) groups is 1. The molecule has 1 aromatic carbocycles. The van der Waals surface area contributed by atoms with Gasteiger partial charge in [0.2, 0.25) is 0 Å². The highest BCUT2D eigenvalue weighted by Crippen LogP contribution is 2.29. The Hall–Kier alpha value is -2.54. The molecule has 0 radical (unpaired) electrons. The third kappa shape index (κ3) is 6.07. The van der Waals surface area contributed by atoms with Crippen molar-refractivity contribution in [1.82, 2.24) is 5.32 Å². The molecule has 2 atom stereocenters. The van der Waals surface area contributed by atoms with Crippen molar-refractivity contribution >= 4 is 6.09 Å². The van der Waals surface area contributed by atoms with E-state index in [-0.39, 0.29) is 25.3 Å². The van der Waals surface area contributed by atoms with Gasteiger partial charge in [-0.15, -0.1) is 0 Å². The van der Waals surface area contributed by atoms with Crippen molar-refractivity contribution in [1.29, 1.82) is 0 Å². The molecule has 1 N–H and O–H groups in total. The second kappa shape index (κ2) is 9.24. The molecule has 1 heterocycles. The summed E-state index contributed by atoms with van der Waals surface area (Å²) < 4.78 is 16.5. The van der Waals surface area contributed by atoms with Crippen LogP contribution in [-0.2, 0) is 20.8 Å². The number of hydrogen-bond acceptors (Lipinski definition) is 5. The average Bonchev–Trinajstić information content (AvgIpc) is 2.96. The topological polar surface area (TPSA) is 106 Å². The first-order valence-corrected chi connectivity index (χ1v) is 8.39. The van der Waals surface area contributed by atoms with Crippen LogP contribution in [0.25, 0.3) is 10.4 Å². The number of nitrogens with zero attached hydrogens (tertiary/aromatic N) is 3. The Morgan fingerprint density at radius 3 is 2.85 bits per heavy atom. The Morgan fingerprint density at radius 1 is 1.54 bits per heavy atom. The third-order valence-corrected chi connectivity index (χ3v) is 3.89. The monoisotopic (exact) mass is 360 g/mol. The summed E-state index contributed by atoms with van der Waals surface area (Å²) in [5, 5.41) is 6.40. The van der Waals surface area contributed by atoms with Gasteiger partial charge < -0.3 is 19.5 Å². The molecule has 1 aliphatic heterocycles. The van der Waals surface area contributed by atoms with E-state index >= 15 is 0 Å². The summed E-state index contributed by atoms with van der Waals surface area (Å²) in [6.07, 6.45) is 1.39. The van der Waals surface area contributed by atoms with Crippen LogP contribution in [0.2, 0.25) is 0 Å². The number of hydrogen-bond donors (Lipinski definition) is 1. The maximum Gasteiger partial charge on any atom is 0.407 e. The van der Waals surface area contributed by atoms with E-state index in [4.69, 9.17) is 19.7 Å². The van der Waals surface area contributed by atoms with E-state index in [1.165, 1.54) is 6.08 Å². The van der Waals surface area contributed by atoms with Crippen LogP contribution in [0.15, 0.2) is 42.0 Å². The van der Waals surface area contributed by atoms with Crippen LogP contribution in [0.4, 0.5) is 4.79 Å². The van der Waals surface area contributed by atoms with Crippen molar-refractivity contribution in [2.24, 2.45) is 5.11 Å². The molecule has 140 valence electrons. The molecule has 0 spiro atoms. The standard InChI is InChI=1S/C18H24N4O4/c1-4-9-24-17(23)21-16(10-15-12-25-18(2,3)26-15)14-7-5-13(6-8-14)11-20-22-19/h4-8,15-16H,1,9-12H2,2-3H3,(H,21,23)/t15-,16-/m1/s1. The van der Waals surface area contributed by atoms with Gasteiger partial charge in [0.1, 0.15) is 6.61 Å². The van der Waals surface area contributed by atoms with E-state index in [0.29, 0.717) is 13.0 Å². The smallest absolute Gasteiger partial charge is 0.407 e. The van der Waals surface area contributed by atoms with Crippen molar-refractivity contribution in [2.75, 3.05) is 13.2 Å². The zero-order chi connectivity index (χ0) is 19.0. The summed E-state index contributed by atoms with van der Waals surface area (Å²) in [6.45, 7) is 8.13. The van der Waals surface area contributed by atoms with Crippen molar-refractivity contribution in [2.45, 2.75) is 44.7 Å². The highest BCUT2D eigenvalue weighted by molar-refractivity contribution is 5.68. The lowest BCUT2D eigenvalue weighted by molar-refractivity contribution is -0.139. The molecule has 0 bridgehead atoms. The van der Waals surface area contributed by atoms with Crippen LogP contribution in [0.3, 0.4) is 0 Å². The number of carbonyl (C=O) groups excluding carboxylic acids is 1. The fraction of sp³-hybridized carbons (Fsp3) is 0.500. The van der Waals surface area contributed by atoms with Crippen LogP contribution in [0, 0.1) is 0 Å². The largest absolute Gasteiger partial charge is 0.445 e. The normalized spacial score (nSPS) is 19.2. The number of rotatable bonds is 8. The molecule has 1 aromatic rings. The molecule has 26 heavy (non-hydrogen) atoms. The summed E-state index contributed by atoms with van der Waals surface area (Å²) in [7, 11) is 0. The molecule has 0 aromatic heterocycles. The van der Waals surface area contributed by atoms with E-state index in [0.717, 1.165) is 11.1 Å². The summed E-state index contributed by atoms with van der Waals surface area (Å²) >= 11 is 0. The average molecular weight is 360 g/mol. The third-order valence-electron chi connectivity index (χ3n) is 3.89.